The van der Waals surface area contributed by atoms with Gasteiger partial charge in [0.15, 0.2) is 0 Å². The highest BCUT2D eigenvalue weighted by Gasteiger charge is 2.12. The van der Waals surface area contributed by atoms with Crippen LogP contribution in [0.5, 0.6) is 0 Å². The van der Waals surface area contributed by atoms with Gasteiger partial charge in [-0.15, -0.1) is 0 Å². The van der Waals surface area contributed by atoms with Gasteiger partial charge in [0, 0.05) is 17.6 Å². The number of rotatable bonds is 3. The molecule has 3 rings (SSSR count). The largest absolute Gasteiger partial charge is 0.477 e. The molecule has 0 aliphatic rings. The van der Waals surface area contributed by atoms with Crippen molar-refractivity contribution >= 4 is 16.9 Å². The van der Waals surface area contributed by atoms with Crippen molar-refractivity contribution in [2.75, 3.05) is 0 Å². The van der Waals surface area contributed by atoms with E-state index in [1.54, 1.807) is 6.20 Å². The molecule has 0 amide bonds. The summed E-state index contributed by atoms with van der Waals surface area (Å²) < 4.78 is 1.24. The van der Waals surface area contributed by atoms with Gasteiger partial charge in [0.05, 0.1) is 12.1 Å². The van der Waals surface area contributed by atoms with Crippen LogP contribution in [0.2, 0.25) is 0 Å². The molecule has 0 spiro atoms. The normalized spacial score (nSPS) is 10.7. The minimum atomic E-state index is -1.12. The molecule has 0 atom stereocenters. The zero-order valence-corrected chi connectivity index (χ0v) is 11.1. The van der Waals surface area contributed by atoms with E-state index in [-0.39, 0.29) is 17.8 Å². The Kier molecular flexibility index (Phi) is 3.23. The molecule has 0 saturated carbocycles. The molecule has 3 aromatic rings. The van der Waals surface area contributed by atoms with Gasteiger partial charge in [-0.2, -0.15) is 0 Å². The van der Waals surface area contributed by atoms with Crippen LogP contribution in [0.25, 0.3) is 10.9 Å². The van der Waals surface area contributed by atoms with E-state index in [0.29, 0.717) is 0 Å². The summed E-state index contributed by atoms with van der Waals surface area (Å²) in [5.74, 6) is -1.12. The lowest BCUT2D eigenvalue weighted by Gasteiger charge is -2.11. The Balaban J connectivity index is 2.16. The lowest BCUT2D eigenvalue weighted by molar-refractivity contribution is 0.0684. The third-order valence-electron chi connectivity index (χ3n) is 3.31. The average Bonchev–Trinajstić information content (AvgIpc) is 2.49. The number of benzene rings is 1. The molecule has 0 bridgehead atoms. The maximum Gasteiger partial charge on any atom is 0.352 e. The van der Waals surface area contributed by atoms with E-state index < -0.39 is 5.97 Å². The summed E-state index contributed by atoms with van der Waals surface area (Å²) in [5.41, 5.74) is 1.20. The Labute approximate surface area is 120 Å². The van der Waals surface area contributed by atoms with Gasteiger partial charge in [0.2, 0.25) is 0 Å². The second kappa shape index (κ2) is 5.20. The van der Waals surface area contributed by atoms with Crippen LogP contribution in [0.15, 0.2) is 59.5 Å². The van der Waals surface area contributed by atoms with Crippen LogP contribution in [0.4, 0.5) is 0 Å². The van der Waals surface area contributed by atoms with Crippen molar-refractivity contribution in [1.82, 2.24) is 9.55 Å². The van der Waals surface area contributed by atoms with Gasteiger partial charge in [-0.05, 0) is 17.7 Å². The number of carbonyl (C=O) groups is 1. The highest BCUT2D eigenvalue weighted by atomic mass is 16.4. The summed E-state index contributed by atoms with van der Waals surface area (Å²) >= 11 is 0. The molecule has 0 aliphatic carbocycles. The number of carboxylic acid groups (broad SMARTS) is 1. The SMILES string of the molecule is O=C(O)c1cccc(=O)n1Cc1cccc2cccnc12. The van der Waals surface area contributed by atoms with Gasteiger partial charge in [-0.25, -0.2) is 4.79 Å². The predicted molar refractivity (Wildman–Crippen MR) is 78.5 cm³/mol. The predicted octanol–water partition coefficient (Wildman–Crippen LogP) is 2.14. The molecule has 1 aromatic carbocycles. The summed E-state index contributed by atoms with van der Waals surface area (Å²) in [6.07, 6.45) is 1.68. The Hall–Kier alpha value is -2.95. The first kappa shape index (κ1) is 13.1. The number of fused-ring (bicyclic) bond motifs is 1. The molecular formula is C16H12N2O3. The molecule has 5 nitrogen and oxygen atoms in total. The van der Waals surface area contributed by atoms with Crippen LogP contribution < -0.4 is 5.56 Å². The van der Waals surface area contributed by atoms with Gasteiger partial charge in [0.25, 0.3) is 5.56 Å². The lowest BCUT2D eigenvalue weighted by Crippen LogP contribution is -2.25. The molecule has 104 valence electrons. The van der Waals surface area contributed by atoms with E-state index >= 15 is 0 Å². The third kappa shape index (κ3) is 2.41. The van der Waals surface area contributed by atoms with Crippen LogP contribution in [0.3, 0.4) is 0 Å². The standard InChI is InChI=1S/C16H12N2O3/c19-14-8-2-7-13(16(20)21)18(14)10-12-5-1-4-11-6-3-9-17-15(11)12/h1-9H,10H2,(H,20,21). The first-order valence-electron chi connectivity index (χ1n) is 6.42. The topological polar surface area (TPSA) is 72.2 Å². The number of carboxylic acids is 1. The van der Waals surface area contributed by atoms with Crippen LogP contribution >= 0.6 is 0 Å². The molecule has 0 unspecified atom stereocenters. The van der Waals surface area contributed by atoms with E-state index in [1.807, 2.05) is 30.3 Å². The van der Waals surface area contributed by atoms with Crippen LogP contribution in [-0.4, -0.2) is 20.6 Å². The molecule has 1 N–H and O–H groups in total. The molecule has 0 fully saturated rings. The van der Waals surface area contributed by atoms with Gasteiger partial charge >= 0.3 is 5.97 Å². The van der Waals surface area contributed by atoms with Crippen molar-refractivity contribution in [3.8, 4) is 0 Å². The van der Waals surface area contributed by atoms with Crippen molar-refractivity contribution in [1.29, 1.82) is 0 Å². The second-order valence-electron chi connectivity index (χ2n) is 4.63. The van der Waals surface area contributed by atoms with E-state index in [9.17, 15) is 14.7 Å². The fourth-order valence-corrected chi connectivity index (χ4v) is 2.34. The first-order valence-corrected chi connectivity index (χ1v) is 6.42. The van der Waals surface area contributed by atoms with Crippen LogP contribution in [-0.2, 0) is 6.54 Å². The number of aromatic nitrogens is 2. The zero-order valence-electron chi connectivity index (χ0n) is 11.1. The molecule has 21 heavy (non-hydrogen) atoms. The van der Waals surface area contributed by atoms with Gasteiger partial charge in [0.1, 0.15) is 5.69 Å². The van der Waals surface area contributed by atoms with Gasteiger partial charge in [-0.3, -0.25) is 14.3 Å². The zero-order chi connectivity index (χ0) is 14.8. The minimum absolute atomic E-state index is 0.0320. The molecule has 0 aliphatic heterocycles. The molecular weight excluding hydrogens is 268 g/mol. The fourth-order valence-electron chi connectivity index (χ4n) is 2.34. The lowest BCUT2D eigenvalue weighted by atomic mass is 10.1. The maximum absolute atomic E-state index is 12.0. The molecule has 2 aromatic heterocycles. The van der Waals surface area contributed by atoms with E-state index in [1.165, 1.54) is 22.8 Å². The Morgan fingerprint density at radius 2 is 1.86 bits per heavy atom. The minimum Gasteiger partial charge on any atom is -0.477 e. The maximum atomic E-state index is 12.0. The third-order valence-corrected chi connectivity index (χ3v) is 3.31. The molecule has 0 radical (unpaired) electrons. The van der Waals surface area contributed by atoms with Crippen molar-refractivity contribution < 1.29 is 9.90 Å². The van der Waals surface area contributed by atoms with Crippen molar-refractivity contribution in [3.63, 3.8) is 0 Å². The summed E-state index contributed by atoms with van der Waals surface area (Å²) in [5, 5.41) is 10.2. The van der Waals surface area contributed by atoms with Crippen LogP contribution in [0.1, 0.15) is 16.1 Å². The van der Waals surface area contributed by atoms with Gasteiger partial charge < -0.3 is 5.11 Å². The van der Waals surface area contributed by atoms with Crippen molar-refractivity contribution in [3.05, 3.63) is 76.3 Å². The van der Waals surface area contributed by atoms with Crippen LogP contribution in [0, 0.1) is 0 Å². The summed E-state index contributed by atoms with van der Waals surface area (Å²) in [6, 6.07) is 13.6. The Morgan fingerprint density at radius 1 is 1.10 bits per heavy atom. The fraction of sp³-hybridized carbons (Fsp3) is 0.0625. The number of para-hydroxylation sites is 1. The number of nitrogens with zero attached hydrogens (tertiary/aromatic N) is 2. The molecule has 0 saturated heterocycles. The average molecular weight is 280 g/mol. The van der Waals surface area contributed by atoms with E-state index in [2.05, 4.69) is 4.98 Å². The number of hydrogen-bond acceptors (Lipinski definition) is 3. The van der Waals surface area contributed by atoms with Crippen molar-refractivity contribution in [2.45, 2.75) is 6.54 Å². The highest BCUT2D eigenvalue weighted by Crippen LogP contribution is 2.17. The molecule has 5 heteroatoms. The number of hydrogen-bond donors (Lipinski definition) is 1. The van der Waals surface area contributed by atoms with Gasteiger partial charge in [-0.1, -0.05) is 30.3 Å². The van der Waals surface area contributed by atoms with E-state index in [0.717, 1.165) is 16.5 Å². The van der Waals surface area contributed by atoms with E-state index in [4.69, 9.17) is 0 Å². The monoisotopic (exact) mass is 280 g/mol. The quantitative estimate of drug-likeness (QED) is 0.797. The Bertz CT molecular complexity index is 879. The first-order chi connectivity index (χ1) is 10.2. The summed E-state index contributed by atoms with van der Waals surface area (Å²) in [4.78, 5) is 27.5. The summed E-state index contributed by atoms with van der Waals surface area (Å²) in [6.45, 7) is 0.176. The summed E-state index contributed by atoms with van der Waals surface area (Å²) in [7, 11) is 0. The number of aromatic carboxylic acids is 1. The highest BCUT2D eigenvalue weighted by molar-refractivity contribution is 5.86. The molecule has 2 heterocycles. The van der Waals surface area contributed by atoms with Crippen molar-refractivity contribution in [2.24, 2.45) is 0 Å². The smallest absolute Gasteiger partial charge is 0.352 e. The second-order valence-corrected chi connectivity index (χ2v) is 4.63. The number of pyridine rings is 2. The Morgan fingerprint density at radius 3 is 2.67 bits per heavy atom.